The van der Waals surface area contributed by atoms with Crippen molar-refractivity contribution in [1.29, 1.82) is 0 Å². The summed E-state index contributed by atoms with van der Waals surface area (Å²) < 4.78 is 7.06. The summed E-state index contributed by atoms with van der Waals surface area (Å²) in [5.74, 6) is 0.453. The van der Waals surface area contributed by atoms with Gasteiger partial charge in [0, 0.05) is 25.6 Å². The molecule has 2 aromatic heterocycles. The third-order valence-corrected chi connectivity index (χ3v) is 3.47. The molecule has 3 rings (SSSR count). The van der Waals surface area contributed by atoms with Crippen LogP contribution in [-0.4, -0.2) is 27.2 Å². The number of amides is 1. The molecule has 0 fully saturated rings. The Bertz CT molecular complexity index is 805. The van der Waals surface area contributed by atoms with Crippen LogP contribution in [0.2, 0.25) is 0 Å². The number of benzene rings is 1. The van der Waals surface area contributed by atoms with Crippen molar-refractivity contribution in [1.82, 2.24) is 20.1 Å². The normalized spacial score (nSPS) is 10.7. The second-order valence-electron chi connectivity index (χ2n) is 5.31. The summed E-state index contributed by atoms with van der Waals surface area (Å²) in [4.78, 5) is 16.5. The van der Waals surface area contributed by atoms with E-state index in [9.17, 15) is 4.79 Å². The number of rotatable bonds is 5. The van der Waals surface area contributed by atoms with Crippen molar-refractivity contribution in [3.63, 3.8) is 0 Å². The zero-order valence-electron chi connectivity index (χ0n) is 13.1. The molecule has 0 bridgehead atoms. The van der Waals surface area contributed by atoms with Crippen molar-refractivity contribution in [2.75, 3.05) is 6.54 Å². The average molecular weight is 310 g/mol. The van der Waals surface area contributed by atoms with Crippen molar-refractivity contribution >= 4 is 5.91 Å². The lowest BCUT2D eigenvalue weighted by Gasteiger charge is -2.03. The number of aromatic nitrogens is 3. The Morgan fingerprint density at radius 1 is 1.30 bits per heavy atom. The molecule has 6 heteroatoms. The molecule has 0 atom stereocenters. The molecule has 0 aliphatic heterocycles. The van der Waals surface area contributed by atoms with Crippen LogP contribution in [0.1, 0.15) is 21.9 Å². The minimum atomic E-state index is -0.139. The monoisotopic (exact) mass is 310 g/mol. The van der Waals surface area contributed by atoms with Crippen LogP contribution < -0.4 is 5.32 Å². The highest BCUT2D eigenvalue weighted by Gasteiger charge is 2.12. The molecule has 1 N–H and O–H groups in total. The summed E-state index contributed by atoms with van der Waals surface area (Å²) in [5, 5.41) is 7.03. The number of nitrogens with one attached hydrogen (secondary N) is 1. The first kappa shape index (κ1) is 15.0. The van der Waals surface area contributed by atoms with Gasteiger partial charge < -0.3 is 9.73 Å². The molecule has 0 unspecified atom stereocenters. The molecule has 0 aliphatic rings. The number of hydrogen-bond donors (Lipinski definition) is 1. The summed E-state index contributed by atoms with van der Waals surface area (Å²) in [6.45, 7) is 2.35. The van der Waals surface area contributed by atoms with E-state index in [0.717, 1.165) is 17.0 Å². The van der Waals surface area contributed by atoms with Crippen LogP contribution in [0.5, 0.6) is 0 Å². The maximum absolute atomic E-state index is 12.1. The molecule has 23 heavy (non-hydrogen) atoms. The number of carbonyl (C=O) groups excluding carboxylic acids is 1. The van der Waals surface area contributed by atoms with Crippen molar-refractivity contribution in [2.45, 2.75) is 13.3 Å². The van der Waals surface area contributed by atoms with Gasteiger partial charge >= 0.3 is 0 Å². The van der Waals surface area contributed by atoms with Crippen LogP contribution in [0.4, 0.5) is 0 Å². The Labute approximate surface area is 134 Å². The van der Waals surface area contributed by atoms with Gasteiger partial charge in [-0.05, 0) is 25.1 Å². The molecule has 0 saturated carbocycles. The third kappa shape index (κ3) is 3.48. The van der Waals surface area contributed by atoms with E-state index < -0.39 is 0 Å². The molecule has 2 heterocycles. The molecule has 3 aromatic rings. The van der Waals surface area contributed by atoms with E-state index in [4.69, 9.17) is 4.42 Å². The number of nitrogens with zero attached hydrogens (tertiary/aromatic N) is 3. The molecule has 1 aromatic carbocycles. The smallest absolute Gasteiger partial charge is 0.269 e. The summed E-state index contributed by atoms with van der Waals surface area (Å²) in [6.07, 6.45) is 2.24. The van der Waals surface area contributed by atoms with Crippen LogP contribution in [0.15, 0.2) is 47.1 Å². The van der Waals surface area contributed by atoms with E-state index in [1.54, 1.807) is 24.1 Å². The predicted octanol–water partition coefficient (Wildman–Crippen LogP) is 2.36. The minimum Gasteiger partial charge on any atom is -0.444 e. The van der Waals surface area contributed by atoms with Gasteiger partial charge in [-0.25, -0.2) is 4.98 Å². The Hall–Kier alpha value is -2.89. The van der Waals surface area contributed by atoms with Gasteiger partial charge in [-0.1, -0.05) is 18.2 Å². The van der Waals surface area contributed by atoms with Gasteiger partial charge in [0.15, 0.2) is 0 Å². The van der Waals surface area contributed by atoms with Gasteiger partial charge in [0.1, 0.15) is 12.0 Å². The second-order valence-corrected chi connectivity index (χ2v) is 5.31. The summed E-state index contributed by atoms with van der Waals surface area (Å²) in [6, 6.07) is 11.5. The Kier molecular flexibility index (Phi) is 4.23. The molecule has 1 amide bonds. The minimum absolute atomic E-state index is 0.139. The highest BCUT2D eigenvalue weighted by molar-refractivity contribution is 5.92. The standard InChI is InChI=1S/C17H18N4O2/c1-12-10-15(21(2)20-12)16(22)18-9-8-14-11-23-17(19-14)13-6-4-3-5-7-13/h3-7,10-11H,8-9H2,1-2H3,(H,18,22). The molecule has 0 saturated heterocycles. The van der Waals surface area contributed by atoms with Crippen molar-refractivity contribution < 1.29 is 9.21 Å². The number of oxazole rings is 1. The van der Waals surface area contributed by atoms with E-state index in [2.05, 4.69) is 15.4 Å². The van der Waals surface area contributed by atoms with E-state index in [1.165, 1.54) is 0 Å². The van der Waals surface area contributed by atoms with Crippen molar-refractivity contribution in [3.8, 4) is 11.5 Å². The third-order valence-electron chi connectivity index (χ3n) is 3.47. The summed E-state index contributed by atoms with van der Waals surface area (Å²) in [7, 11) is 1.76. The lowest BCUT2D eigenvalue weighted by atomic mass is 10.2. The van der Waals surface area contributed by atoms with Gasteiger partial charge in [0.25, 0.3) is 5.91 Å². The fourth-order valence-electron chi connectivity index (χ4n) is 2.35. The van der Waals surface area contributed by atoms with Crippen LogP contribution in [0.25, 0.3) is 11.5 Å². The van der Waals surface area contributed by atoms with Gasteiger partial charge in [-0.2, -0.15) is 5.10 Å². The van der Waals surface area contributed by atoms with Crippen molar-refractivity contribution in [2.24, 2.45) is 7.05 Å². The first-order valence-electron chi connectivity index (χ1n) is 7.42. The predicted molar refractivity (Wildman–Crippen MR) is 85.9 cm³/mol. The fraction of sp³-hybridized carbons (Fsp3) is 0.235. The van der Waals surface area contributed by atoms with Crippen LogP contribution in [-0.2, 0) is 13.5 Å². The van der Waals surface area contributed by atoms with E-state index >= 15 is 0 Å². The van der Waals surface area contributed by atoms with E-state index in [-0.39, 0.29) is 5.91 Å². The van der Waals surface area contributed by atoms with Gasteiger partial charge in [-0.15, -0.1) is 0 Å². The Balaban J connectivity index is 1.56. The number of carbonyl (C=O) groups is 1. The zero-order chi connectivity index (χ0) is 16.2. The van der Waals surface area contributed by atoms with Crippen LogP contribution >= 0.6 is 0 Å². The lowest BCUT2D eigenvalue weighted by Crippen LogP contribution is -2.27. The van der Waals surface area contributed by atoms with Crippen LogP contribution in [0, 0.1) is 6.92 Å². The Morgan fingerprint density at radius 3 is 2.78 bits per heavy atom. The van der Waals surface area contributed by atoms with Crippen molar-refractivity contribution in [3.05, 3.63) is 59.7 Å². The lowest BCUT2D eigenvalue weighted by molar-refractivity contribution is 0.0944. The molecular weight excluding hydrogens is 292 g/mol. The molecule has 6 nitrogen and oxygen atoms in total. The maximum atomic E-state index is 12.1. The fourth-order valence-corrected chi connectivity index (χ4v) is 2.35. The second kappa shape index (κ2) is 6.48. The highest BCUT2D eigenvalue weighted by atomic mass is 16.3. The molecule has 118 valence electrons. The summed E-state index contributed by atoms with van der Waals surface area (Å²) >= 11 is 0. The Morgan fingerprint density at radius 2 is 2.09 bits per heavy atom. The first-order valence-corrected chi connectivity index (χ1v) is 7.42. The average Bonchev–Trinajstić information content (AvgIpc) is 3.14. The van der Waals surface area contributed by atoms with Crippen LogP contribution in [0.3, 0.4) is 0 Å². The SMILES string of the molecule is Cc1cc(C(=O)NCCc2coc(-c3ccccc3)n2)n(C)n1. The maximum Gasteiger partial charge on any atom is 0.269 e. The van der Waals surface area contributed by atoms with Gasteiger partial charge in [0.05, 0.1) is 11.4 Å². The van der Waals surface area contributed by atoms with Gasteiger partial charge in [0.2, 0.25) is 5.89 Å². The quantitative estimate of drug-likeness (QED) is 0.785. The number of hydrogen-bond acceptors (Lipinski definition) is 4. The van der Waals surface area contributed by atoms with E-state index in [0.29, 0.717) is 24.6 Å². The largest absolute Gasteiger partial charge is 0.444 e. The zero-order valence-corrected chi connectivity index (χ0v) is 13.1. The summed E-state index contributed by atoms with van der Waals surface area (Å²) in [5.41, 5.74) is 3.12. The first-order chi connectivity index (χ1) is 11.1. The highest BCUT2D eigenvalue weighted by Crippen LogP contribution is 2.17. The van der Waals surface area contributed by atoms with E-state index in [1.807, 2.05) is 37.3 Å². The van der Waals surface area contributed by atoms with Gasteiger partial charge in [-0.3, -0.25) is 9.48 Å². The molecule has 0 radical (unpaired) electrons. The molecule has 0 spiro atoms. The topological polar surface area (TPSA) is 73.0 Å². The number of aryl methyl sites for hydroxylation is 2. The molecule has 0 aliphatic carbocycles. The molecular formula is C17H18N4O2.